The van der Waals surface area contributed by atoms with Crippen LogP contribution in [0.15, 0.2) is 0 Å². The number of amides is 1. The van der Waals surface area contributed by atoms with Crippen LogP contribution in [0.2, 0.25) is 0 Å². The van der Waals surface area contributed by atoms with Gasteiger partial charge in [0.25, 0.3) is 0 Å². The van der Waals surface area contributed by atoms with Crippen LogP contribution in [0, 0.1) is 5.92 Å². The summed E-state index contributed by atoms with van der Waals surface area (Å²) in [6.07, 6.45) is 1.76. The molecule has 1 heterocycles. The number of hydrogen-bond acceptors (Lipinski definition) is 3. The van der Waals surface area contributed by atoms with Crippen molar-refractivity contribution in [1.82, 2.24) is 4.90 Å². The first-order chi connectivity index (χ1) is 7.00. The molecule has 0 aromatic heterocycles. The molecule has 1 aliphatic heterocycles. The number of ether oxygens (including phenoxy) is 1. The SMILES string of the molecule is CC(C)OC(=O)N1CCC(C(C)N)CC1. The lowest BCUT2D eigenvalue weighted by Gasteiger charge is -2.33. The molecule has 0 bridgehead atoms. The Morgan fingerprint density at radius 3 is 2.27 bits per heavy atom. The van der Waals surface area contributed by atoms with E-state index in [1.54, 1.807) is 4.90 Å². The van der Waals surface area contributed by atoms with Crippen molar-refractivity contribution < 1.29 is 9.53 Å². The zero-order valence-electron chi connectivity index (χ0n) is 9.90. The monoisotopic (exact) mass is 214 g/mol. The lowest BCUT2D eigenvalue weighted by atomic mass is 9.91. The molecule has 0 aromatic rings. The molecule has 88 valence electrons. The highest BCUT2D eigenvalue weighted by molar-refractivity contribution is 5.67. The molecule has 0 saturated carbocycles. The van der Waals surface area contributed by atoms with Crippen LogP contribution in [0.4, 0.5) is 4.79 Å². The van der Waals surface area contributed by atoms with Gasteiger partial charge in [-0.05, 0) is 39.5 Å². The number of nitrogens with zero attached hydrogens (tertiary/aromatic N) is 1. The fourth-order valence-electron chi connectivity index (χ4n) is 1.88. The highest BCUT2D eigenvalue weighted by atomic mass is 16.6. The Morgan fingerprint density at radius 1 is 1.33 bits per heavy atom. The van der Waals surface area contributed by atoms with Gasteiger partial charge in [0.2, 0.25) is 0 Å². The van der Waals surface area contributed by atoms with Crippen LogP contribution in [0.25, 0.3) is 0 Å². The van der Waals surface area contributed by atoms with Crippen LogP contribution in [-0.4, -0.2) is 36.2 Å². The topological polar surface area (TPSA) is 55.6 Å². The summed E-state index contributed by atoms with van der Waals surface area (Å²) in [5.74, 6) is 0.549. The highest BCUT2D eigenvalue weighted by Crippen LogP contribution is 2.20. The summed E-state index contributed by atoms with van der Waals surface area (Å²) in [7, 11) is 0. The zero-order chi connectivity index (χ0) is 11.4. The molecule has 1 rings (SSSR count). The maximum absolute atomic E-state index is 11.6. The molecule has 1 fully saturated rings. The fraction of sp³-hybridized carbons (Fsp3) is 0.909. The van der Waals surface area contributed by atoms with E-state index in [9.17, 15) is 4.79 Å². The van der Waals surface area contributed by atoms with Gasteiger partial charge in [0.1, 0.15) is 0 Å². The predicted molar refractivity (Wildman–Crippen MR) is 59.6 cm³/mol. The Bertz CT molecular complexity index is 209. The first-order valence-electron chi connectivity index (χ1n) is 5.72. The maximum Gasteiger partial charge on any atom is 0.410 e. The van der Waals surface area contributed by atoms with Gasteiger partial charge in [0.15, 0.2) is 0 Å². The van der Waals surface area contributed by atoms with Crippen molar-refractivity contribution in [3.63, 3.8) is 0 Å². The molecule has 0 spiro atoms. The molecule has 1 amide bonds. The van der Waals surface area contributed by atoms with Crippen molar-refractivity contribution in [3.8, 4) is 0 Å². The summed E-state index contributed by atoms with van der Waals surface area (Å²) in [6.45, 7) is 7.32. The van der Waals surface area contributed by atoms with E-state index in [0.29, 0.717) is 5.92 Å². The molecule has 4 heteroatoms. The van der Waals surface area contributed by atoms with Crippen molar-refractivity contribution in [2.75, 3.05) is 13.1 Å². The third-order valence-corrected chi connectivity index (χ3v) is 2.88. The van der Waals surface area contributed by atoms with Crippen molar-refractivity contribution in [3.05, 3.63) is 0 Å². The second kappa shape index (κ2) is 5.35. The van der Waals surface area contributed by atoms with Gasteiger partial charge in [-0.25, -0.2) is 4.79 Å². The van der Waals surface area contributed by atoms with E-state index < -0.39 is 0 Å². The summed E-state index contributed by atoms with van der Waals surface area (Å²) < 4.78 is 5.14. The molecule has 1 unspecified atom stereocenters. The number of hydrogen-bond donors (Lipinski definition) is 1. The van der Waals surface area contributed by atoms with Crippen molar-refractivity contribution in [2.45, 2.75) is 45.8 Å². The highest BCUT2D eigenvalue weighted by Gasteiger charge is 2.25. The lowest BCUT2D eigenvalue weighted by molar-refractivity contribution is 0.0639. The van der Waals surface area contributed by atoms with Gasteiger partial charge < -0.3 is 15.4 Å². The van der Waals surface area contributed by atoms with E-state index >= 15 is 0 Å². The zero-order valence-corrected chi connectivity index (χ0v) is 9.90. The van der Waals surface area contributed by atoms with E-state index in [2.05, 4.69) is 0 Å². The second-order valence-corrected chi connectivity index (χ2v) is 4.62. The number of likely N-dealkylation sites (tertiary alicyclic amines) is 1. The number of nitrogens with two attached hydrogens (primary N) is 1. The minimum absolute atomic E-state index is 0.0383. The van der Waals surface area contributed by atoms with E-state index in [-0.39, 0.29) is 18.2 Å². The van der Waals surface area contributed by atoms with E-state index in [1.165, 1.54) is 0 Å². The quantitative estimate of drug-likeness (QED) is 0.759. The summed E-state index contributed by atoms with van der Waals surface area (Å²) in [6, 6.07) is 0.230. The Kier molecular flexibility index (Phi) is 4.39. The van der Waals surface area contributed by atoms with Crippen LogP contribution in [-0.2, 0) is 4.74 Å². The molecule has 2 N–H and O–H groups in total. The standard InChI is InChI=1S/C11H22N2O2/c1-8(2)15-11(14)13-6-4-10(5-7-13)9(3)12/h8-10H,4-7,12H2,1-3H3. The normalized spacial score (nSPS) is 20.5. The minimum Gasteiger partial charge on any atom is -0.447 e. The van der Waals surface area contributed by atoms with Crippen molar-refractivity contribution in [1.29, 1.82) is 0 Å². The fourth-order valence-corrected chi connectivity index (χ4v) is 1.88. The Labute approximate surface area is 91.8 Å². The molecule has 1 saturated heterocycles. The van der Waals surface area contributed by atoms with Crippen LogP contribution in [0.1, 0.15) is 33.6 Å². The Balaban J connectivity index is 2.34. The second-order valence-electron chi connectivity index (χ2n) is 4.62. The predicted octanol–water partition coefficient (Wildman–Crippen LogP) is 1.59. The van der Waals surface area contributed by atoms with Gasteiger partial charge in [0, 0.05) is 19.1 Å². The van der Waals surface area contributed by atoms with Gasteiger partial charge in [-0.2, -0.15) is 0 Å². The van der Waals surface area contributed by atoms with Crippen LogP contribution in [0.5, 0.6) is 0 Å². The van der Waals surface area contributed by atoms with Crippen LogP contribution >= 0.6 is 0 Å². The number of rotatable bonds is 2. The summed E-state index contributed by atoms with van der Waals surface area (Å²) in [5.41, 5.74) is 5.83. The Morgan fingerprint density at radius 2 is 1.87 bits per heavy atom. The van der Waals surface area contributed by atoms with Crippen molar-refractivity contribution >= 4 is 6.09 Å². The van der Waals surface area contributed by atoms with Gasteiger partial charge in [-0.3, -0.25) is 0 Å². The van der Waals surface area contributed by atoms with Crippen LogP contribution in [0.3, 0.4) is 0 Å². The maximum atomic E-state index is 11.6. The first-order valence-corrected chi connectivity index (χ1v) is 5.72. The van der Waals surface area contributed by atoms with E-state index in [4.69, 9.17) is 10.5 Å². The Hall–Kier alpha value is -0.770. The molecule has 1 aliphatic rings. The molecule has 4 nitrogen and oxygen atoms in total. The molecule has 0 aliphatic carbocycles. The number of carbonyl (C=O) groups excluding carboxylic acids is 1. The average Bonchev–Trinajstić information content (AvgIpc) is 2.17. The summed E-state index contributed by atoms with van der Waals surface area (Å²) in [5, 5.41) is 0. The molecule has 1 atom stereocenters. The smallest absolute Gasteiger partial charge is 0.410 e. The molecular weight excluding hydrogens is 192 g/mol. The number of carbonyl (C=O) groups is 1. The van der Waals surface area contributed by atoms with E-state index in [1.807, 2.05) is 20.8 Å². The molecule has 0 radical (unpaired) electrons. The average molecular weight is 214 g/mol. The molecular formula is C11H22N2O2. The first kappa shape index (κ1) is 12.3. The van der Waals surface area contributed by atoms with Gasteiger partial charge in [-0.1, -0.05) is 0 Å². The third kappa shape index (κ3) is 3.70. The summed E-state index contributed by atoms with van der Waals surface area (Å²) >= 11 is 0. The summed E-state index contributed by atoms with van der Waals surface area (Å²) in [4.78, 5) is 13.3. The molecule has 15 heavy (non-hydrogen) atoms. The minimum atomic E-state index is -0.187. The number of piperidine rings is 1. The lowest BCUT2D eigenvalue weighted by Crippen LogP contribution is -2.43. The molecule has 0 aromatic carbocycles. The van der Waals surface area contributed by atoms with Crippen molar-refractivity contribution in [2.24, 2.45) is 11.7 Å². The van der Waals surface area contributed by atoms with Crippen LogP contribution < -0.4 is 5.73 Å². The largest absolute Gasteiger partial charge is 0.447 e. The van der Waals surface area contributed by atoms with E-state index in [0.717, 1.165) is 25.9 Å². The van der Waals surface area contributed by atoms with Gasteiger partial charge in [-0.15, -0.1) is 0 Å². The van der Waals surface area contributed by atoms with Gasteiger partial charge >= 0.3 is 6.09 Å². The third-order valence-electron chi connectivity index (χ3n) is 2.88. The van der Waals surface area contributed by atoms with Gasteiger partial charge in [0.05, 0.1) is 6.10 Å².